The lowest BCUT2D eigenvalue weighted by Crippen LogP contribution is -2.49. The van der Waals surface area contributed by atoms with E-state index in [1.165, 1.54) is 19.3 Å². The van der Waals surface area contributed by atoms with E-state index in [0.717, 1.165) is 5.92 Å². The minimum atomic E-state index is 0.345. The van der Waals surface area contributed by atoms with E-state index in [0.29, 0.717) is 22.8 Å². The zero-order valence-corrected chi connectivity index (χ0v) is 11.4. The molecule has 1 saturated carbocycles. The van der Waals surface area contributed by atoms with Crippen LogP contribution in [0.5, 0.6) is 0 Å². The van der Waals surface area contributed by atoms with Gasteiger partial charge in [0.1, 0.15) is 0 Å². The SMILES string of the molecule is CC(C)(C)C1CCCC(N)C1C(C)(C)C. The molecule has 0 aromatic heterocycles. The van der Waals surface area contributed by atoms with Gasteiger partial charge in [0, 0.05) is 6.04 Å². The third-order valence-electron chi connectivity index (χ3n) is 4.06. The van der Waals surface area contributed by atoms with Gasteiger partial charge in [-0.3, -0.25) is 0 Å². The molecule has 1 nitrogen and oxygen atoms in total. The van der Waals surface area contributed by atoms with E-state index in [1.807, 2.05) is 0 Å². The van der Waals surface area contributed by atoms with E-state index in [-0.39, 0.29) is 0 Å². The highest BCUT2D eigenvalue weighted by atomic mass is 14.7. The van der Waals surface area contributed by atoms with Gasteiger partial charge in [0.15, 0.2) is 0 Å². The van der Waals surface area contributed by atoms with Gasteiger partial charge in [0.05, 0.1) is 0 Å². The molecule has 0 saturated heterocycles. The lowest BCUT2D eigenvalue weighted by Gasteiger charge is -2.49. The van der Waals surface area contributed by atoms with Crippen LogP contribution in [0.25, 0.3) is 0 Å². The Morgan fingerprint density at radius 1 is 0.867 bits per heavy atom. The van der Waals surface area contributed by atoms with Crippen LogP contribution >= 0.6 is 0 Å². The van der Waals surface area contributed by atoms with E-state index < -0.39 is 0 Å². The van der Waals surface area contributed by atoms with Crippen molar-refractivity contribution >= 4 is 0 Å². The van der Waals surface area contributed by atoms with Crippen LogP contribution in [-0.2, 0) is 0 Å². The summed E-state index contributed by atoms with van der Waals surface area (Å²) in [7, 11) is 0. The summed E-state index contributed by atoms with van der Waals surface area (Å²) in [6, 6.07) is 0.406. The smallest absolute Gasteiger partial charge is 0.00750 e. The first-order valence-corrected chi connectivity index (χ1v) is 6.39. The van der Waals surface area contributed by atoms with Crippen molar-refractivity contribution in [3.63, 3.8) is 0 Å². The van der Waals surface area contributed by atoms with Crippen LogP contribution in [0.2, 0.25) is 0 Å². The van der Waals surface area contributed by atoms with E-state index in [4.69, 9.17) is 5.73 Å². The van der Waals surface area contributed by atoms with E-state index in [9.17, 15) is 0 Å². The van der Waals surface area contributed by atoms with Gasteiger partial charge in [-0.2, -0.15) is 0 Å². The molecule has 0 aromatic rings. The molecule has 1 rings (SSSR count). The van der Waals surface area contributed by atoms with Crippen molar-refractivity contribution in [3.8, 4) is 0 Å². The third-order valence-corrected chi connectivity index (χ3v) is 4.06. The monoisotopic (exact) mass is 211 g/mol. The Kier molecular flexibility index (Phi) is 3.55. The van der Waals surface area contributed by atoms with Crippen molar-refractivity contribution in [2.45, 2.75) is 66.8 Å². The second-order valence-electron chi connectivity index (χ2n) is 7.46. The van der Waals surface area contributed by atoms with Gasteiger partial charge in [-0.15, -0.1) is 0 Å². The maximum absolute atomic E-state index is 6.35. The molecule has 0 bridgehead atoms. The minimum absolute atomic E-state index is 0.345. The van der Waals surface area contributed by atoms with Crippen LogP contribution in [0, 0.1) is 22.7 Å². The highest BCUT2D eigenvalue weighted by molar-refractivity contribution is 4.95. The van der Waals surface area contributed by atoms with Gasteiger partial charge in [-0.05, 0) is 35.5 Å². The first kappa shape index (κ1) is 13.0. The molecule has 0 heterocycles. The summed E-state index contributed by atoms with van der Waals surface area (Å²) < 4.78 is 0. The third kappa shape index (κ3) is 2.96. The van der Waals surface area contributed by atoms with Gasteiger partial charge >= 0.3 is 0 Å². The van der Waals surface area contributed by atoms with E-state index in [1.54, 1.807) is 0 Å². The van der Waals surface area contributed by atoms with Crippen molar-refractivity contribution in [2.75, 3.05) is 0 Å². The Bertz CT molecular complexity index is 206. The first-order valence-electron chi connectivity index (χ1n) is 6.39. The summed E-state index contributed by atoms with van der Waals surface area (Å²) >= 11 is 0. The van der Waals surface area contributed by atoms with Gasteiger partial charge in [0.25, 0.3) is 0 Å². The molecule has 15 heavy (non-hydrogen) atoms. The zero-order chi connectivity index (χ0) is 11.9. The van der Waals surface area contributed by atoms with Crippen LogP contribution in [0.1, 0.15) is 60.8 Å². The summed E-state index contributed by atoms with van der Waals surface area (Å²) in [4.78, 5) is 0. The maximum atomic E-state index is 6.35. The standard InChI is InChI=1S/C14H29N/c1-13(2,3)10-8-7-9-11(15)12(10)14(4,5)6/h10-12H,7-9,15H2,1-6H3. The molecule has 1 aliphatic rings. The number of hydrogen-bond donors (Lipinski definition) is 1. The molecule has 1 heteroatoms. The molecule has 90 valence electrons. The normalized spacial score (nSPS) is 34.2. The minimum Gasteiger partial charge on any atom is -0.327 e. The number of hydrogen-bond acceptors (Lipinski definition) is 1. The fourth-order valence-electron chi connectivity index (χ4n) is 3.45. The fraction of sp³-hybridized carbons (Fsp3) is 1.00. The largest absolute Gasteiger partial charge is 0.327 e. The highest BCUT2D eigenvalue weighted by Gasteiger charge is 2.43. The molecule has 0 spiro atoms. The predicted octanol–water partition coefficient (Wildman–Crippen LogP) is 3.82. The van der Waals surface area contributed by atoms with Gasteiger partial charge < -0.3 is 5.73 Å². The Balaban J connectivity index is 2.93. The molecule has 1 fully saturated rings. The van der Waals surface area contributed by atoms with Crippen molar-refractivity contribution < 1.29 is 0 Å². The van der Waals surface area contributed by atoms with Crippen molar-refractivity contribution in [2.24, 2.45) is 28.4 Å². The summed E-state index contributed by atoms with van der Waals surface area (Å²) in [5, 5.41) is 0. The molecule has 3 unspecified atom stereocenters. The Hall–Kier alpha value is -0.0400. The van der Waals surface area contributed by atoms with Crippen LogP contribution in [0.15, 0.2) is 0 Å². The lowest BCUT2D eigenvalue weighted by atomic mass is 9.57. The molecule has 1 aliphatic carbocycles. The molecular weight excluding hydrogens is 182 g/mol. The predicted molar refractivity (Wildman–Crippen MR) is 67.7 cm³/mol. The van der Waals surface area contributed by atoms with Crippen LogP contribution in [0.3, 0.4) is 0 Å². The highest BCUT2D eigenvalue weighted by Crippen LogP contribution is 2.48. The van der Waals surface area contributed by atoms with Gasteiger partial charge in [0.2, 0.25) is 0 Å². The number of nitrogens with two attached hydrogens (primary N) is 1. The summed E-state index contributed by atoms with van der Waals surface area (Å²) in [6.07, 6.45) is 3.89. The van der Waals surface area contributed by atoms with Gasteiger partial charge in [-0.25, -0.2) is 0 Å². The Morgan fingerprint density at radius 3 is 1.73 bits per heavy atom. The number of rotatable bonds is 0. The second kappa shape index (κ2) is 4.08. The molecule has 0 amide bonds. The Morgan fingerprint density at radius 2 is 1.40 bits per heavy atom. The van der Waals surface area contributed by atoms with Crippen LogP contribution < -0.4 is 5.73 Å². The lowest BCUT2D eigenvalue weighted by molar-refractivity contribution is 0.0184. The van der Waals surface area contributed by atoms with Crippen molar-refractivity contribution in [3.05, 3.63) is 0 Å². The molecule has 0 aliphatic heterocycles. The van der Waals surface area contributed by atoms with Crippen LogP contribution in [0.4, 0.5) is 0 Å². The summed E-state index contributed by atoms with van der Waals surface area (Å²) in [6.45, 7) is 14.2. The topological polar surface area (TPSA) is 26.0 Å². The van der Waals surface area contributed by atoms with E-state index in [2.05, 4.69) is 41.5 Å². The zero-order valence-electron chi connectivity index (χ0n) is 11.4. The van der Waals surface area contributed by atoms with Crippen molar-refractivity contribution in [1.82, 2.24) is 0 Å². The molecular formula is C14H29N. The van der Waals surface area contributed by atoms with E-state index >= 15 is 0 Å². The fourth-order valence-corrected chi connectivity index (χ4v) is 3.45. The maximum Gasteiger partial charge on any atom is 0.00750 e. The average Bonchev–Trinajstić information content (AvgIpc) is 1.99. The molecule has 0 radical (unpaired) electrons. The molecule has 3 atom stereocenters. The first-order chi connectivity index (χ1) is 6.64. The summed E-state index contributed by atoms with van der Waals surface area (Å²) in [5.41, 5.74) is 7.10. The Labute approximate surface area is 95.8 Å². The summed E-state index contributed by atoms with van der Waals surface area (Å²) in [5.74, 6) is 1.45. The van der Waals surface area contributed by atoms with Gasteiger partial charge in [-0.1, -0.05) is 48.0 Å². The van der Waals surface area contributed by atoms with Crippen molar-refractivity contribution in [1.29, 1.82) is 0 Å². The second-order valence-corrected chi connectivity index (χ2v) is 7.46. The van der Waals surface area contributed by atoms with Crippen LogP contribution in [-0.4, -0.2) is 6.04 Å². The average molecular weight is 211 g/mol. The molecule has 2 N–H and O–H groups in total. The molecule has 0 aromatic carbocycles. The quantitative estimate of drug-likeness (QED) is 0.647.